The molecule has 0 bridgehead atoms. The molecule has 1 heterocycles. The summed E-state index contributed by atoms with van der Waals surface area (Å²) in [6, 6.07) is 18.2. The molecule has 0 radical (unpaired) electrons. The third kappa shape index (κ3) is 3.66. The summed E-state index contributed by atoms with van der Waals surface area (Å²) in [5, 5.41) is 4.64. The van der Waals surface area contributed by atoms with Crippen molar-refractivity contribution in [3.05, 3.63) is 71.9 Å². The Morgan fingerprint density at radius 3 is 2.62 bits per heavy atom. The van der Waals surface area contributed by atoms with Crippen LogP contribution in [-0.2, 0) is 17.8 Å². The summed E-state index contributed by atoms with van der Waals surface area (Å²) in [7, 11) is 3.60. The first kappa shape index (κ1) is 16.3. The largest absolute Gasteiger partial charge is 0.361 e. The number of nitrogens with one attached hydrogen (secondary N) is 2. The maximum Gasteiger partial charge on any atom is 0.239 e. The molecule has 4 heteroatoms. The van der Waals surface area contributed by atoms with Crippen molar-refractivity contribution in [3.8, 4) is 0 Å². The van der Waals surface area contributed by atoms with Crippen LogP contribution in [0.1, 0.15) is 11.1 Å². The molecule has 124 valence electrons. The van der Waals surface area contributed by atoms with Crippen molar-refractivity contribution < 1.29 is 4.79 Å². The lowest BCUT2D eigenvalue weighted by Gasteiger charge is -2.22. The number of aromatic amines is 1. The number of benzene rings is 2. The van der Waals surface area contributed by atoms with Gasteiger partial charge in [0.1, 0.15) is 0 Å². The first-order valence-corrected chi connectivity index (χ1v) is 8.18. The summed E-state index contributed by atoms with van der Waals surface area (Å²) in [6.07, 6.45) is 2.63. The van der Waals surface area contributed by atoms with Gasteiger partial charge in [0.2, 0.25) is 5.91 Å². The number of H-pyrrole nitrogens is 1. The van der Waals surface area contributed by atoms with Crippen LogP contribution < -0.4 is 5.32 Å². The molecule has 1 aromatic heterocycles. The lowest BCUT2D eigenvalue weighted by atomic mass is 10.0. The predicted molar refractivity (Wildman–Crippen MR) is 97.8 cm³/mol. The van der Waals surface area contributed by atoms with Crippen LogP contribution >= 0.6 is 0 Å². The van der Waals surface area contributed by atoms with Gasteiger partial charge in [-0.05, 0) is 29.7 Å². The number of rotatable bonds is 6. The average molecular weight is 321 g/mol. The molecule has 3 aromatic rings. The predicted octanol–water partition coefficient (Wildman–Crippen LogP) is 2.96. The summed E-state index contributed by atoms with van der Waals surface area (Å²) in [4.78, 5) is 17.4. The maximum atomic E-state index is 12.5. The molecular weight excluding hydrogens is 298 g/mol. The van der Waals surface area contributed by atoms with Crippen LogP contribution in [0.3, 0.4) is 0 Å². The Balaban J connectivity index is 1.76. The third-order valence-electron chi connectivity index (χ3n) is 4.25. The Labute approximate surface area is 142 Å². The van der Waals surface area contributed by atoms with E-state index in [1.807, 2.05) is 30.5 Å². The topological polar surface area (TPSA) is 48.1 Å². The van der Waals surface area contributed by atoms with Gasteiger partial charge in [0.25, 0.3) is 0 Å². The fraction of sp³-hybridized carbons (Fsp3) is 0.250. The Bertz CT molecular complexity index is 808. The van der Waals surface area contributed by atoms with Crippen LogP contribution in [0.2, 0.25) is 0 Å². The zero-order valence-corrected chi connectivity index (χ0v) is 14.1. The molecule has 2 aromatic carbocycles. The van der Waals surface area contributed by atoms with Crippen LogP contribution in [-0.4, -0.2) is 35.9 Å². The van der Waals surface area contributed by atoms with Crippen LogP contribution in [0, 0.1) is 0 Å². The molecule has 0 aliphatic rings. The molecule has 2 N–H and O–H groups in total. The standard InChI is InChI=1S/C20H23N3O/c1-23(2)20(24)19(13-15-7-4-3-5-8-15)22-14-16-9-6-10-18-17(16)11-12-21-18/h3-12,19,21-22H,13-14H2,1-2H3. The highest BCUT2D eigenvalue weighted by Crippen LogP contribution is 2.17. The highest BCUT2D eigenvalue weighted by Gasteiger charge is 2.20. The minimum absolute atomic E-state index is 0.0973. The van der Waals surface area contributed by atoms with Crippen molar-refractivity contribution in [2.24, 2.45) is 0 Å². The minimum Gasteiger partial charge on any atom is -0.361 e. The molecule has 4 nitrogen and oxygen atoms in total. The molecule has 0 spiro atoms. The fourth-order valence-electron chi connectivity index (χ4n) is 2.95. The Morgan fingerprint density at radius 2 is 1.88 bits per heavy atom. The minimum atomic E-state index is -0.239. The molecule has 1 amide bonds. The number of carbonyl (C=O) groups excluding carboxylic acids is 1. The van der Waals surface area contributed by atoms with Gasteiger partial charge >= 0.3 is 0 Å². The second kappa shape index (κ2) is 7.32. The molecule has 3 rings (SSSR count). The van der Waals surface area contributed by atoms with Gasteiger partial charge in [0.05, 0.1) is 6.04 Å². The van der Waals surface area contributed by atoms with E-state index in [0.29, 0.717) is 13.0 Å². The van der Waals surface area contributed by atoms with E-state index in [9.17, 15) is 4.79 Å². The highest BCUT2D eigenvalue weighted by molar-refractivity contribution is 5.83. The van der Waals surface area contributed by atoms with Gasteiger partial charge in [-0.2, -0.15) is 0 Å². The van der Waals surface area contributed by atoms with E-state index in [2.05, 4.69) is 40.6 Å². The number of aromatic nitrogens is 1. The summed E-state index contributed by atoms with van der Waals surface area (Å²) in [6.45, 7) is 0.659. The fourth-order valence-corrected chi connectivity index (χ4v) is 2.95. The van der Waals surface area contributed by atoms with E-state index in [1.54, 1.807) is 19.0 Å². The molecular formula is C20H23N3O. The van der Waals surface area contributed by atoms with Crippen LogP contribution in [0.4, 0.5) is 0 Å². The lowest BCUT2D eigenvalue weighted by molar-refractivity contribution is -0.130. The van der Waals surface area contributed by atoms with Crippen molar-refractivity contribution in [1.29, 1.82) is 0 Å². The van der Waals surface area contributed by atoms with E-state index in [0.717, 1.165) is 11.1 Å². The van der Waals surface area contributed by atoms with Crippen molar-refractivity contribution in [2.75, 3.05) is 14.1 Å². The lowest BCUT2D eigenvalue weighted by Crippen LogP contribution is -2.44. The molecule has 0 aliphatic carbocycles. The Hall–Kier alpha value is -2.59. The van der Waals surface area contributed by atoms with Crippen molar-refractivity contribution >= 4 is 16.8 Å². The summed E-state index contributed by atoms with van der Waals surface area (Å²) in [5.41, 5.74) is 3.47. The summed E-state index contributed by atoms with van der Waals surface area (Å²) < 4.78 is 0. The molecule has 0 aliphatic heterocycles. The van der Waals surface area contributed by atoms with Crippen molar-refractivity contribution in [2.45, 2.75) is 19.0 Å². The number of carbonyl (C=O) groups is 1. The number of hydrogen-bond acceptors (Lipinski definition) is 2. The van der Waals surface area contributed by atoms with Gasteiger partial charge in [-0.3, -0.25) is 4.79 Å². The summed E-state index contributed by atoms with van der Waals surface area (Å²) in [5.74, 6) is 0.0973. The van der Waals surface area contributed by atoms with Gasteiger partial charge in [0, 0.05) is 37.7 Å². The van der Waals surface area contributed by atoms with Crippen molar-refractivity contribution in [1.82, 2.24) is 15.2 Å². The monoisotopic (exact) mass is 321 g/mol. The molecule has 0 fully saturated rings. The van der Waals surface area contributed by atoms with Gasteiger partial charge in [-0.25, -0.2) is 0 Å². The molecule has 1 unspecified atom stereocenters. The first-order chi connectivity index (χ1) is 11.6. The van der Waals surface area contributed by atoms with Gasteiger partial charge in [0.15, 0.2) is 0 Å². The average Bonchev–Trinajstić information content (AvgIpc) is 3.08. The number of hydrogen-bond donors (Lipinski definition) is 2. The molecule has 0 saturated carbocycles. The molecule has 1 atom stereocenters. The number of likely N-dealkylation sites (N-methyl/N-ethyl adjacent to an activating group) is 1. The highest BCUT2D eigenvalue weighted by atomic mass is 16.2. The maximum absolute atomic E-state index is 12.5. The SMILES string of the molecule is CN(C)C(=O)C(Cc1ccccc1)NCc1cccc2[nH]ccc12. The smallest absolute Gasteiger partial charge is 0.239 e. The van der Waals surface area contributed by atoms with Crippen LogP contribution in [0.25, 0.3) is 10.9 Å². The molecule has 0 saturated heterocycles. The van der Waals surface area contributed by atoms with E-state index >= 15 is 0 Å². The quantitative estimate of drug-likeness (QED) is 0.733. The van der Waals surface area contributed by atoms with E-state index in [-0.39, 0.29) is 11.9 Å². The number of fused-ring (bicyclic) bond motifs is 1. The van der Waals surface area contributed by atoms with Gasteiger partial charge in [-0.15, -0.1) is 0 Å². The zero-order chi connectivity index (χ0) is 16.9. The van der Waals surface area contributed by atoms with Crippen LogP contribution in [0.15, 0.2) is 60.8 Å². The summed E-state index contributed by atoms with van der Waals surface area (Å²) >= 11 is 0. The molecule has 24 heavy (non-hydrogen) atoms. The van der Waals surface area contributed by atoms with E-state index in [4.69, 9.17) is 0 Å². The third-order valence-corrected chi connectivity index (χ3v) is 4.25. The Kier molecular flexibility index (Phi) is 4.96. The van der Waals surface area contributed by atoms with Crippen molar-refractivity contribution in [3.63, 3.8) is 0 Å². The zero-order valence-electron chi connectivity index (χ0n) is 14.1. The first-order valence-electron chi connectivity index (χ1n) is 8.18. The van der Waals surface area contributed by atoms with Gasteiger partial charge in [-0.1, -0.05) is 42.5 Å². The number of nitrogens with zero attached hydrogens (tertiary/aromatic N) is 1. The normalized spacial score (nSPS) is 12.2. The second-order valence-corrected chi connectivity index (χ2v) is 6.21. The van der Waals surface area contributed by atoms with Gasteiger partial charge < -0.3 is 15.2 Å². The number of amides is 1. The van der Waals surface area contributed by atoms with E-state index < -0.39 is 0 Å². The van der Waals surface area contributed by atoms with Crippen LogP contribution in [0.5, 0.6) is 0 Å². The second-order valence-electron chi connectivity index (χ2n) is 6.21. The van der Waals surface area contributed by atoms with E-state index in [1.165, 1.54) is 10.9 Å². The Morgan fingerprint density at radius 1 is 1.08 bits per heavy atom.